The van der Waals surface area contributed by atoms with Crippen molar-refractivity contribution in [3.05, 3.63) is 89.2 Å². The fourth-order valence-electron chi connectivity index (χ4n) is 8.76. The molecule has 0 atom stereocenters. The lowest BCUT2D eigenvalue weighted by molar-refractivity contribution is -0.0503. The number of hydrogen-bond donors (Lipinski definition) is 1. The maximum absolute atomic E-state index is 13.1. The zero-order chi connectivity index (χ0) is 29.9. The molecule has 1 saturated heterocycles. The van der Waals surface area contributed by atoms with Crippen molar-refractivity contribution < 1.29 is 9.53 Å². The van der Waals surface area contributed by atoms with E-state index in [9.17, 15) is 4.79 Å². The highest BCUT2D eigenvalue weighted by Crippen LogP contribution is 2.59. The van der Waals surface area contributed by atoms with Gasteiger partial charge in [0.15, 0.2) is 0 Å². The average molecular weight is 589 g/mol. The maximum Gasteiger partial charge on any atom is 0.251 e. The molecule has 0 spiro atoms. The number of carbonyl (C=O) groups excluding carboxylic acids is 1. The molecule has 4 saturated carbocycles. The summed E-state index contributed by atoms with van der Waals surface area (Å²) in [6.07, 6.45) is 11.8. The maximum atomic E-state index is 13.1. The Morgan fingerprint density at radius 1 is 0.932 bits per heavy atom. The fourth-order valence-corrected chi connectivity index (χ4v) is 8.76. The van der Waals surface area contributed by atoms with E-state index in [1.54, 1.807) is 12.4 Å². The van der Waals surface area contributed by atoms with Gasteiger partial charge in [-0.05, 0) is 111 Å². The number of ether oxygens (including phenoxy) is 1. The van der Waals surface area contributed by atoms with Crippen LogP contribution in [0.3, 0.4) is 0 Å². The van der Waals surface area contributed by atoms with Crippen molar-refractivity contribution in [2.75, 3.05) is 44.2 Å². The second-order valence-electron chi connectivity index (χ2n) is 13.7. The molecule has 5 aliphatic rings. The largest absolute Gasteiger partial charge is 0.492 e. The lowest BCUT2D eigenvalue weighted by Gasteiger charge is -2.56. The van der Waals surface area contributed by atoms with Gasteiger partial charge in [-0.25, -0.2) is 0 Å². The van der Waals surface area contributed by atoms with E-state index in [0.717, 1.165) is 79.5 Å². The van der Waals surface area contributed by atoms with E-state index in [1.807, 2.05) is 31.2 Å². The number of aromatic nitrogens is 1. The molecule has 2 aromatic carbocycles. The summed E-state index contributed by atoms with van der Waals surface area (Å²) in [4.78, 5) is 22.3. The molecule has 6 nitrogen and oxygen atoms in total. The summed E-state index contributed by atoms with van der Waals surface area (Å²) in [6.45, 7) is 8.19. The molecule has 228 valence electrons. The van der Waals surface area contributed by atoms with Gasteiger partial charge in [-0.2, -0.15) is 0 Å². The summed E-state index contributed by atoms with van der Waals surface area (Å²) < 4.78 is 5.57. The van der Waals surface area contributed by atoms with Crippen molar-refractivity contribution in [2.24, 2.45) is 23.2 Å². The molecule has 5 fully saturated rings. The number of benzene rings is 2. The molecule has 1 amide bonds. The Morgan fingerprint density at radius 2 is 1.64 bits per heavy atom. The molecule has 8 rings (SSSR count). The third-order valence-corrected chi connectivity index (χ3v) is 10.4. The normalized spacial score (nSPS) is 25.8. The van der Waals surface area contributed by atoms with Gasteiger partial charge in [0.2, 0.25) is 0 Å². The third kappa shape index (κ3) is 6.49. The lowest BCUT2D eigenvalue weighted by Crippen LogP contribution is -2.51. The van der Waals surface area contributed by atoms with Gasteiger partial charge < -0.3 is 15.0 Å². The number of rotatable bonds is 8. The van der Waals surface area contributed by atoms with E-state index in [1.165, 1.54) is 49.8 Å². The molecule has 3 aromatic rings. The first-order chi connectivity index (χ1) is 21.5. The zero-order valence-corrected chi connectivity index (χ0v) is 25.9. The number of carbonyl (C=O) groups is 1. The summed E-state index contributed by atoms with van der Waals surface area (Å²) in [5, 5.41) is 3.34. The Morgan fingerprint density at radius 3 is 2.34 bits per heavy atom. The minimum atomic E-state index is 0.0807. The highest BCUT2D eigenvalue weighted by Gasteiger charge is 2.50. The van der Waals surface area contributed by atoms with Crippen LogP contribution in [-0.2, 0) is 6.54 Å². The van der Waals surface area contributed by atoms with Gasteiger partial charge in [-0.15, -0.1) is 0 Å². The first-order valence-corrected chi connectivity index (χ1v) is 16.6. The Kier molecular flexibility index (Phi) is 8.32. The van der Waals surface area contributed by atoms with E-state index in [4.69, 9.17) is 4.74 Å². The third-order valence-electron chi connectivity index (χ3n) is 10.4. The van der Waals surface area contributed by atoms with Crippen LogP contribution in [-0.4, -0.2) is 55.1 Å². The van der Waals surface area contributed by atoms with Crippen molar-refractivity contribution in [2.45, 2.75) is 52.0 Å². The SMILES string of the molecule is CCOc1cncc(C#Cc2ccccc2CN2CCN(c3ccc(C(=O)NCC45CC6CC(CC(C6)C4)C5)cc3)CC2)c1. The van der Waals surface area contributed by atoms with Crippen LogP contribution in [0.25, 0.3) is 0 Å². The predicted octanol–water partition coefficient (Wildman–Crippen LogP) is 6.15. The van der Waals surface area contributed by atoms with Crippen molar-refractivity contribution in [3.63, 3.8) is 0 Å². The molecular formula is C38H44N4O2. The van der Waals surface area contributed by atoms with Crippen LogP contribution in [0, 0.1) is 35.0 Å². The highest BCUT2D eigenvalue weighted by atomic mass is 16.5. The summed E-state index contributed by atoms with van der Waals surface area (Å²) in [5.74, 6) is 10.2. The van der Waals surface area contributed by atoms with Gasteiger partial charge in [0.05, 0.1) is 12.8 Å². The van der Waals surface area contributed by atoms with Crippen LogP contribution in [0.4, 0.5) is 5.69 Å². The van der Waals surface area contributed by atoms with Gasteiger partial charge in [0.25, 0.3) is 5.91 Å². The molecule has 1 N–H and O–H groups in total. The first-order valence-electron chi connectivity index (χ1n) is 16.6. The molecule has 0 unspecified atom stereocenters. The van der Waals surface area contributed by atoms with Crippen molar-refractivity contribution in [3.8, 4) is 17.6 Å². The average Bonchev–Trinajstić information content (AvgIpc) is 3.03. The van der Waals surface area contributed by atoms with Crippen LogP contribution < -0.4 is 15.0 Å². The second-order valence-corrected chi connectivity index (χ2v) is 13.7. The van der Waals surface area contributed by atoms with E-state index < -0.39 is 0 Å². The summed E-state index contributed by atoms with van der Waals surface area (Å²) >= 11 is 0. The van der Waals surface area contributed by atoms with Crippen LogP contribution in [0.15, 0.2) is 67.0 Å². The minimum absolute atomic E-state index is 0.0807. The Balaban J connectivity index is 0.913. The topological polar surface area (TPSA) is 57.7 Å². The minimum Gasteiger partial charge on any atom is -0.492 e. The molecule has 0 radical (unpaired) electrons. The standard InChI is InChI=1S/C38H44N4O2/c1-2-44-36-20-28(24-39-25-36)7-8-32-5-3-4-6-34(32)26-41-13-15-42(16-14-41)35-11-9-33(10-12-35)37(43)40-27-38-21-29-17-30(22-38)19-31(18-29)23-38/h3-6,9-12,20,24-25,29-31H,2,13-19,21-23,26-27H2,1H3,(H,40,43). The first kappa shape index (κ1) is 28.9. The van der Waals surface area contributed by atoms with Gasteiger partial charge in [0.1, 0.15) is 5.75 Å². The molecule has 4 bridgehead atoms. The number of anilines is 1. The number of hydrogen-bond acceptors (Lipinski definition) is 5. The zero-order valence-electron chi connectivity index (χ0n) is 25.9. The number of nitrogens with zero attached hydrogens (tertiary/aromatic N) is 3. The van der Waals surface area contributed by atoms with Crippen LogP contribution in [0.2, 0.25) is 0 Å². The lowest BCUT2D eigenvalue weighted by atomic mass is 9.49. The van der Waals surface area contributed by atoms with Gasteiger partial charge in [0, 0.05) is 67.8 Å². The van der Waals surface area contributed by atoms with Crippen molar-refractivity contribution in [1.29, 1.82) is 0 Å². The van der Waals surface area contributed by atoms with Crippen LogP contribution in [0.5, 0.6) is 5.75 Å². The number of amides is 1. The smallest absolute Gasteiger partial charge is 0.251 e. The molecule has 1 aliphatic heterocycles. The van der Waals surface area contributed by atoms with E-state index in [0.29, 0.717) is 12.0 Å². The molecule has 4 aliphatic carbocycles. The number of pyridine rings is 1. The summed E-state index contributed by atoms with van der Waals surface area (Å²) in [5.41, 5.74) is 5.47. The van der Waals surface area contributed by atoms with Gasteiger partial charge >= 0.3 is 0 Å². The molecular weight excluding hydrogens is 544 g/mol. The molecule has 1 aromatic heterocycles. The summed E-state index contributed by atoms with van der Waals surface area (Å²) in [7, 11) is 0. The molecule has 6 heteroatoms. The Hall–Kier alpha value is -3.82. The number of nitrogens with one attached hydrogen (secondary N) is 1. The van der Waals surface area contributed by atoms with Crippen molar-refractivity contribution in [1.82, 2.24) is 15.2 Å². The van der Waals surface area contributed by atoms with E-state index >= 15 is 0 Å². The Bertz CT molecular complexity index is 1490. The highest BCUT2D eigenvalue weighted by molar-refractivity contribution is 5.94. The van der Waals surface area contributed by atoms with Crippen LogP contribution in [0.1, 0.15) is 72.5 Å². The van der Waals surface area contributed by atoms with Gasteiger partial charge in [-0.1, -0.05) is 30.0 Å². The van der Waals surface area contributed by atoms with Gasteiger partial charge in [-0.3, -0.25) is 14.7 Å². The van der Waals surface area contributed by atoms with E-state index in [-0.39, 0.29) is 5.91 Å². The second kappa shape index (κ2) is 12.7. The quantitative estimate of drug-likeness (QED) is 0.320. The monoisotopic (exact) mass is 588 g/mol. The van der Waals surface area contributed by atoms with Crippen LogP contribution >= 0.6 is 0 Å². The molecule has 44 heavy (non-hydrogen) atoms. The summed E-state index contributed by atoms with van der Waals surface area (Å²) in [6, 6.07) is 18.6. The fraction of sp³-hybridized carbons (Fsp3) is 0.474. The predicted molar refractivity (Wildman–Crippen MR) is 175 cm³/mol. The van der Waals surface area contributed by atoms with Crippen molar-refractivity contribution >= 4 is 11.6 Å². The van der Waals surface area contributed by atoms with E-state index in [2.05, 4.69) is 62.3 Å². The molecule has 2 heterocycles. The number of piperazine rings is 1. The Labute approximate surface area is 262 Å².